The number of hydrogen-bond donors (Lipinski definition) is 0. The molecule has 0 saturated heterocycles. The molecule has 46 heavy (non-hydrogen) atoms. The maximum absolute atomic E-state index is 5.35. The van der Waals surface area contributed by atoms with Gasteiger partial charge < -0.3 is 4.57 Å². The number of rotatable bonds is 4. The molecule has 0 fully saturated rings. The summed E-state index contributed by atoms with van der Waals surface area (Å²) in [4.78, 5) is 10.7. The van der Waals surface area contributed by atoms with Crippen molar-refractivity contribution >= 4 is 40.4 Å². The summed E-state index contributed by atoms with van der Waals surface area (Å²) in [7, 11) is -2.04. The molecule has 218 valence electrons. The summed E-state index contributed by atoms with van der Waals surface area (Å²) in [5, 5.41) is 5.10. The van der Waals surface area contributed by atoms with E-state index >= 15 is 0 Å². The number of para-hydroxylation sites is 1. The van der Waals surface area contributed by atoms with Crippen molar-refractivity contribution < 1.29 is 0 Å². The fourth-order valence-corrected chi connectivity index (χ4v) is 10.2. The molecule has 3 heterocycles. The van der Waals surface area contributed by atoms with Gasteiger partial charge in [0.2, 0.25) is 0 Å². The van der Waals surface area contributed by atoms with E-state index in [1.54, 1.807) is 0 Å². The lowest BCUT2D eigenvalue weighted by atomic mass is 9.99. The van der Waals surface area contributed by atoms with E-state index in [9.17, 15) is 0 Å². The van der Waals surface area contributed by atoms with Gasteiger partial charge in [-0.3, -0.25) is 0 Å². The van der Waals surface area contributed by atoms with Crippen molar-refractivity contribution in [2.75, 3.05) is 0 Å². The Balaban J connectivity index is 1.30. The zero-order chi connectivity index (χ0) is 30.8. The van der Waals surface area contributed by atoms with Gasteiger partial charge in [-0.15, -0.1) is 0 Å². The number of nitrogens with zero attached hydrogens (tertiary/aromatic N) is 3. The molecule has 2 aromatic heterocycles. The van der Waals surface area contributed by atoms with Crippen LogP contribution in [0.25, 0.3) is 72.4 Å². The largest absolute Gasteiger partial charge is 0.309 e. The molecular weight excluding hydrogens is 575 g/mol. The van der Waals surface area contributed by atoms with E-state index in [-0.39, 0.29) is 0 Å². The van der Waals surface area contributed by atoms with Crippen LogP contribution in [0.3, 0.4) is 0 Å². The molecule has 3 nitrogen and oxygen atoms in total. The molecule has 0 amide bonds. The van der Waals surface area contributed by atoms with Crippen LogP contribution in [-0.2, 0) is 0 Å². The van der Waals surface area contributed by atoms with E-state index in [0.717, 1.165) is 28.3 Å². The number of hydrogen-bond acceptors (Lipinski definition) is 2. The third kappa shape index (κ3) is 4.04. The second-order valence-electron chi connectivity index (χ2n) is 12.7. The molecule has 0 aliphatic carbocycles. The van der Waals surface area contributed by atoms with Crippen molar-refractivity contribution in [2.24, 2.45) is 0 Å². The highest BCUT2D eigenvalue weighted by Gasteiger charge is 2.41. The second kappa shape index (κ2) is 10.2. The van der Waals surface area contributed by atoms with E-state index in [0.29, 0.717) is 0 Å². The summed E-state index contributed by atoms with van der Waals surface area (Å²) >= 11 is 0. The van der Waals surface area contributed by atoms with Crippen LogP contribution in [0, 0.1) is 0 Å². The van der Waals surface area contributed by atoms with E-state index in [1.165, 1.54) is 54.6 Å². The first-order valence-corrected chi connectivity index (χ1v) is 18.9. The van der Waals surface area contributed by atoms with Gasteiger partial charge in [-0.05, 0) is 52.2 Å². The van der Waals surface area contributed by atoms with Crippen LogP contribution >= 0.6 is 0 Å². The SMILES string of the molecule is C[Si]1(C)c2ccccc2-c2c(-c3ccc4c(c3)c3ccccc3n4-c3cccc(-c4ccccc4)c3)nc(-c3ccccc3)nc21. The smallest absolute Gasteiger partial charge is 0.159 e. The summed E-state index contributed by atoms with van der Waals surface area (Å²) in [5.41, 5.74) is 11.6. The highest BCUT2D eigenvalue weighted by atomic mass is 28.3. The average Bonchev–Trinajstić information content (AvgIpc) is 3.57. The lowest BCUT2D eigenvalue weighted by molar-refractivity contribution is 1.18. The van der Waals surface area contributed by atoms with Gasteiger partial charge in [0.15, 0.2) is 5.82 Å². The molecule has 1 aliphatic heterocycles. The van der Waals surface area contributed by atoms with Crippen LogP contribution in [0.1, 0.15) is 0 Å². The van der Waals surface area contributed by atoms with Crippen molar-refractivity contribution in [3.8, 4) is 50.6 Å². The van der Waals surface area contributed by atoms with Crippen molar-refractivity contribution in [1.29, 1.82) is 0 Å². The minimum Gasteiger partial charge on any atom is -0.309 e. The minimum atomic E-state index is -2.04. The van der Waals surface area contributed by atoms with Gasteiger partial charge in [-0.2, -0.15) is 0 Å². The van der Waals surface area contributed by atoms with Crippen LogP contribution in [0.2, 0.25) is 13.1 Å². The van der Waals surface area contributed by atoms with Crippen LogP contribution in [-0.4, -0.2) is 22.6 Å². The van der Waals surface area contributed by atoms with Gasteiger partial charge in [0.1, 0.15) is 8.07 Å². The Bertz CT molecular complexity index is 2440. The highest BCUT2D eigenvalue weighted by molar-refractivity contribution is 7.03. The average molecular weight is 606 g/mol. The highest BCUT2D eigenvalue weighted by Crippen LogP contribution is 2.40. The Morgan fingerprint density at radius 2 is 1.17 bits per heavy atom. The molecule has 0 N–H and O–H groups in total. The fraction of sp³-hybridized carbons (Fsp3) is 0.0476. The van der Waals surface area contributed by atoms with Crippen LogP contribution in [0.5, 0.6) is 0 Å². The van der Waals surface area contributed by atoms with Gasteiger partial charge in [0.05, 0.1) is 16.7 Å². The number of fused-ring (bicyclic) bond motifs is 6. The fourth-order valence-electron chi connectivity index (χ4n) is 7.32. The molecule has 0 atom stereocenters. The van der Waals surface area contributed by atoms with Crippen molar-refractivity contribution in [2.45, 2.75) is 13.1 Å². The lowest BCUT2D eigenvalue weighted by Crippen LogP contribution is -2.50. The Hall–Kier alpha value is -5.58. The first kappa shape index (κ1) is 26.8. The number of aromatic nitrogens is 3. The third-order valence-corrected chi connectivity index (χ3v) is 12.9. The third-order valence-electron chi connectivity index (χ3n) is 9.56. The molecule has 6 aromatic carbocycles. The molecule has 8 aromatic rings. The topological polar surface area (TPSA) is 30.7 Å². The van der Waals surface area contributed by atoms with Gasteiger partial charge in [0.25, 0.3) is 0 Å². The van der Waals surface area contributed by atoms with E-state index in [4.69, 9.17) is 9.97 Å². The van der Waals surface area contributed by atoms with Crippen LogP contribution in [0.4, 0.5) is 0 Å². The summed E-state index contributed by atoms with van der Waals surface area (Å²) in [5.74, 6) is 0.794. The Morgan fingerprint density at radius 1 is 0.500 bits per heavy atom. The quantitative estimate of drug-likeness (QED) is 0.187. The Kier molecular flexibility index (Phi) is 5.96. The summed E-state index contributed by atoms with van der Waals surface area (Å²) in [6, 6.07) is 54.3. The molecule has 4 heteroatoms. The molecule has 0 saturated carbocycles. The predicted octanol–water partition coefficient (Wildman–Crippen LogP) is 9.38. The Labute approximate surface area is 269 Å². The van der Waals surface area contributed by atoms with Crippen LogP contribution < -0.4 is 10.5 Å². The first-order valence-electron chi connectivity index (χ1n) is 15.9. The molecule has 0 unspecified atom stereocenters. The zero-order valence-electron chi connectivity index (χ0n) is 25.8. The maximum atomic E-state index is 5.35. The van der Waals surface area contributed by atoms with E-state index in [2.05, 4.69) is 163 Å². The zero-order valence-corrected chi connectivity index (χ0v) is 26.8. The maximum Gasteiger partial charge on any atom is 0.159 e. The van der Waals surface area contributed by atoms with Gasteiger partial charge in [-0.25, -0.2) is 9.97 Å². The lowest BCUT2D eigenvalue weighted by Gasteiger charge is -2.19. The van der Waals surface area contributed by atoms with Crippen LogP contribution in [0.15, 0.2) is 152 Å². The first-order chi connectivity index (χ1) is 22.6. The number of benzene rings is 6. The van der Waals surface area contributed by atoms with Crippen molar-refractivity contribution in [1.82, 2.24) is 14.5 Å². The monoisotopic (exact) mass is 605 g/mol. The van der Waals surface area contributed by atoms with Crippen molar-refractivity contribution in [3.05, 3.63) is 152 Å². The van der Waals surface area contributed by atoms with Gasteiger partial charge in [0, 0.05) is 38.5 Å². The summed E-state index contributed by atoms with van der Waals surface area (Å²) in [6.45, 7) is 4.84. The molecule has 0 radical (unpaired) electrons. The Morgan fingerprint density at radius 3 is 2.00 bits per heavy atom. The second-order valence-corrected chi connectivity index (χ2v) is 16.9. The van der Waals surface area contributed by atoms with E-state index in [1.807, 2.05) is 6.07 Å². The molecule has 0 spiro atoms. The van der Waals surface area contributed by atoms with Gasteiger partial charge in [-0.1, -0.05) is 134 Å². The summed E-state index contributed by atoms with van der Waals surface area (Å²) < 4.78 is 2.39. The molecule has 0 bridgehead atoms. The van der Waals surface area contributed by atoms with Gasteiger partial charge >= 0.3 is 0 Å². The van der Waals surface area contributed by atoms with E-state index < -0.39 is 8.07 Å². The summed E-state index contributed by atoms with van der Waals surface area (Å²) in [6.07, 6.45) is 0. The van der Waals surface area contributed by atoms with Crippen molar-refractivity contribution in [3.63, 3.8) is 0 Å². The molecular formula is C42H31N3Si. The normalized spacial score (nSPS) is 13.2. The molecule has 1 aliphatic rings. The minimum absolute atomic E-state index is 0.794. The molecule has 9 rings (SSSR count). The predicted molar refractivity (Wildman–Crippen MR) is 195 cm³/mol. The standard InChI is InChI=1S/C42H31N3Si/c1-46(2)38-23-12-10-21-34(38)39-40(43-41(44-42(39)46)29-16-7-4-8-17-29)31-24-25-37-35(27-31)33-20-9-11-22-36(33)45(37)32-19-13-18-30(26-32)28-14-5-3-6-15-28/h3-27H,1-2H3.